The number of likely N-dealkylation sites (tertiary alicyclic amines) is 1. The largest absolute Gasteiger partial charge is 0.361 e. The Hall–Kier alpha value is -1.32. The molecule has 4 heteroatoms. The van der Waals surface area contributed by atoms with Gasteiger partial charge in [0.2, 0.25) is 0 Å². The molecule has 1 fully saturated rings. The zero-order valence-electron chi connectivity index (χ0n) is 12.6. The lowest BCUT2D eigenvalue weighted by atomic mass is 10.0. The molecule has 0 amide bonds. The molecule has 0 N–H and O–H groups in total. The first kappa shape index (κ1) is 14.6. The summed E-state index contributed by atoms with van der Waals surface area (Å²) in [6.07, 6.45) is 3.27. The Labute approximate surface area is 130 Å². The van der Waals surface area contributed by atoms with E-state index in [-0.39, 0.29) is 0 Å². The first-order valence-corrected chi connectivity index (χ1v) is 8.01. The van der Waals surface area contributed by atoms with Gasteiger partial charge in [-0.1, -0.05) is 41.9 Å². The summed E-state index contributed by atoms with van der Waals surface area (Å²) in [5.74, 6) is 1.03. The molecule has 21 heavy (non-hydrogen) atoms. The summed E-state index contributed by atoms with van der Waals surface area (Å²) in [5.41, 5.74) is 3.52. The molecular formula is C17H21ClN2O. The van der Waals surface area contributed by atoms with Crippen LogP contribution < -0.4 is 0 Å². The zero-order chi connectivity index (χ0) is 14.8. The van der Waals surface area contributed by atoms with Gasteiger partial charge in [-0.25, -0.2) is 0 Å². The predicted octanol–water partition coefficient (Wildman–Crippen LogP) is 4.54. The lowest BCUT2D eigenvalue weighted by Crippen LogP contribution is -2.23. The maximum absolute atomic E-state index is 6.31. The topological polar surface area (TPSA) is 29.3 Å². The number of benzene rings is 1. The lowest BCUT2D eigenvalue weighted by molar-refractivity contribution is 0.245. The SMILES string of the molecule is CCc1onc(C)c1C1CCCN1Cc1ccccc1Cl. The summed E-state index contributed by atoms with van der Waals surface area (Å²) in [7, 11) is 0. The molecule has 0 radical (unpaired) electrons. The fraction of sp³-hybridized carbons (Fsp3) is 0.471. The van der Waals surface area contributed by atoms with Gasteiger partial charge in [0.05, 0.1) is 5.69 Å². The van der Waals surface area contributed by atoms with Crippen LogP contribution in [0.3, 0.4) is 0 Å². The normalized spacial score (nSPS) is 19.3. The van der Waals surface area contributed by atoms with Crippen LogP contribution in [0.15, 0.2) is 28.8 Å². The van der Waals surface area contributed by atoms with Crippen LogP contribution in [-0.4, -0.2) is 16.6 Å². The quantitative estimate of drug-likeness (QED) is 0.830. The lowest BCUT2D eigenvalue weighted by Gasteiger charge is -2.25. The van der Waals surface area contributed by atoms with Gasteiger partial charge in [-0.15, -0.1) is 0 Å². The summed E-state index contributed by atoms with van der Waals surface area (Å²) < 4.78 is 5.48. The number of hydrogen-bond donors (Lipinski definition) is 0. The number of nitrogens with zero attached hydrogens (tertiary/aromatic N) is 2. The fourth-order valence-corrected chi connectivity index (χ4v) is 3.49. The molecule has 1 aliphatic heterocycles. The Kier molecular flexibility index (Phi) is 4.32. The molecule has 0 bridgehead atoms. The number of hydrogen-bond acceptors (Lipinski definition) is 3. The van der Waals surface area contributed by atoms with Crippen molar-refractivity contribution < 1.29 is 4.52 Å². The summed E-state index contributed by atoms with van der Waals surface area (Å²) in [6.45, 7) is 6.16. The van der Waals surface area contributed by atoms with Crippen molar-refractivity contribution in [2.45, 2.75) is 45.7 Å². The monoisotopic (exact) mass is 304 g/mol. The van der Waals surface area contributed by atoms with E-state index >= 15 is 0 Å². The minimum atomic E-state index is 0.405. The van der Waals surface area contributed by atoms with Gasteiger partial charge < -0.3 is 4.52 Å². The maximum Gasteiger partial charge on any atom is 0.141 e. The third-order valence-corrected chi connectivity index (χ3v) is 4.70. The van der Waals surface area contributed by atoms with E-state index in [1.54, 1.807) is 0 Å². The third kappa shape index (κ3) is 2.85. The molecular weight excluding hydrogens is 284 g/mol. The van der Waals surface area contributed by atoms with E-state index in [0.29, 0.717) is 6.04 Å². The van der Waals surface area contributed by atoms with Crippen molar-refractivity contribution in [3.05, 3.63) is 51.9 Å². The van der Waals surface area contributed by atoms with Gasteiger partial charge in [0.25, 0.3) is 0 Å². The van der Waals surface area contributed by atoms with E-state index in [9.17, 15) is 0 Å². The van der Waals surface area contributed by atoms with E-state index in [2.05, 4.69) is 29.1 Å². The van der Waals surface area contributed by atoms with Gasteiger partial charge >= 0.3 is 0 Å². The van der Waals surface area contributed by atoms with Gasteiger partial charge in [-0.05, 0) is 37.9 Å². The average Bonchev–Trinajstić information content (AvgIpc) is 3.07. The molecule has 2 heterocycles. The molecule has 1 aromatic heterocycles. The molecule has 3 rings (SSSR count). The molecule has 2 aromatic rings. The highest BCUT2D eigenvalue weighted by Gasteiger charge is 2.31. The van der Waals surface area contributed by atoms with Crippen molar-refractivity contribution in [2.24, 2.45) is 0 Å². The predicted molar refractivity (Wildman–Crippen MR) is 84.5 cm³/mol. The van der Waals surface area contributed by atoms with Gasteiger partial charge in [0.1, 0.15) is 5.76 Å². The Morgan fingerprint density at radius 1 is 1.38 bits per heavy atom. The van der Waals surface area contributed by atoms with Crippen LogP contribution in [0.2, 0.25) is 5.02 Å². The molecule has 1 aromatic carbocycles. The Bertz CT molecular complexity index is 623. The van der Waals surface area contributed by atoms with E-state index < -0.39 is 0 Å². The van der Waals surface area contributed by atoms with E-state index in [4.69, 9.17) is 16.1 Å². The van der Waals surface area contributed by atoms with E-state index in [1.807, 2.05) is 19.1 Å². The summed E-state index contributed by atoms with van der Waals surface area (Å²) in [6, 6.07) is 8.51. The van der Waals surface area contributed by atoms with Crippen LogP contribution in [0.4, 0.5) is 0 Å². The van der Waals surface area contributed by atoms with Gasteiger partial charge in [-0.2, -0.15) is 0 Å². The second-order valence-electron chi connectivity index (χ2n) is 5.68. The van der Waals surface area contributed by atoms with Crippen LogP contribution in [0.25, 0.3) is 0 Å². The minimum Gasteiger partial charge on any atom is -0.361 e. The van der Waals surface area contributed by atoms with Crippen LogP contribution in [-0.2, 0) is 13.0 Å². The van der Waals surface area contributed by atoms with Gasteiger partial charge in [0.15, 0.2) is 0 Å². The average molecular weight is 305 g/mol. The Morgan fingerprint density at radius 3 is 2.95 bits per heavy atom. The molecule has 1 aliphatic rings. The van der Waals surface area contributed by atoms with E-state index in [0.717, 1.165) is 36.0 Å². The summed E-state index contributed by atoms with van der Waals surface area (Å²) in [4.78, 5) is 2.50. The summed E-state index contributed by atoms with van der Waals surface area (Å²) >= 11 is 6.31. The first-order valence-electron chi connectivity index (χ1n) is 7.63. The van der Waals surface area contributed by atoms with Gasteiger partial charge in [0, 0.05) is 29.6 Å². The number of aromatic nitrogens is 1. The maximum atomic E-state index is 6.31. The molecule has 112 valence electrons. The highest BCUT2D eigenvalue weighted by molar-refractivity contribution is 6.31. The van der Waals surface area contributed by atoms with Crippen LogP contribution in [0.1, 0.15) is 48.4 Å². The standard InChI is InChI=1S/C17H21ClN2O/c1-3-16-17(12(2)19-21-16)15-9-6-10-20(15)11-13-7-4-5-8-14(13)18/h4-5,7-8,15H,3,6,9-11H2,1-2H3. The summed E-state index contributed by atoms with van der Waals surface area (Å²) in [5, 5.41) is 5.01. The Balaban J connectivity index is 1.86. The molecule has 0 spiro atoms. The van der Waals surface area contributed by atoms with Crippen molar-refractivity contribution in [2.75, 3.05) is 6.54 Å². The Morgan fingerprint density at radius 2 is 2.19 bits per heavy atom. The van der Waals surface area contributed by atoms with Crippen LogP contribution >= 0.6 is 11.6 Å². The molecule has 1 atom stereocenters. The van der Waals surface area contributed by atoms with Crippen molar-refractivity contribution in [3.8, 4) is 0 Å². The first-order chi connectivity index (χ1) is 10.2. The van der Waals surface area contributed by atoms with Crippen molar-refractivity contribution >= 4 is 11.6 Å². The van der Waals surface area contributed by atoms with Crippen molar-refractivity contribution in [1.82, 2.24) is 10.1 Å². The zero-order valence-corrected chi connectivity index (χ0v) is 13.4. The third-order valence-electron chi connectivity index (χ3n) is 4.33. The molecule has 0 saturated carbocycles. The number of aryl methyl sites for hydroxylation is 2. The van der Waals surface area contributed by atoms with Gasteiger partial charge in [-0.3, -0.25) is 4.90 Å². The fourth-order valence-electron chi connectivity index (χ4n) is 3.29. The highest BCUT2D eigenvalue weighted by atomic mass is 35.5. The van der Waals surface area contributed by atoms with E-state index in [1.165, 1.54) is 24.0 Å². The second kappa shape index (κ2) is 6.20. The van der Waals surface area contributed by atoms with Crippen molar-refractivity contribution in [3.63, 3.8) is 0 Å². The molecule has 1 saturated heterocycles. The molecule has 0 aliphatic carbocycles. The number of rotatable bonds is 4. The highest BCUT2D eigenvalue weighted by Crippen LogP contribution is 2.37. The van der Waals surface area contributed by atoms with Crippen LogP contribution in [0.5, 0.6) is 0 Å². The molecule has 3 nitrogen and oxygen atoms in total. The van der Waals surface area contributed by atoms with Crippen LogP contribution in [0, 0.1) is 6.92 Å². The smallest absolute Gasteiger partial charge is 0.141 e. The second-order valence-corrected chi connectivity index (χ2v) is 6.09. The minimum absolute atomic E-state index is 0.405. The van der Waals surface area contributed by atoms with Crippen molar-refractivity contribution in [1.29, 1.82) is 0 Å². The molecule has 1 unspecified atom stereocenters. The number of halogens is 1.